The van der Waals surface area contributed by atoms with Gasteiger partial charge in [-0.2, -0.15) is 0 Å². The SMILES string of the molecule is CCCC(O)CNCC(O)c1ccc(Cl)cc1. The van der Waals surface area contributed by atoms with Crippen LogP contribution >= 0.6 is 11.6 Å². The molecule has 0 radical (unpaired) electrons. The van der Waals surface area contributed by atoms with Crippen LogP contribution in [0.25, 0.3) is 0 Å². The minimum Gasteiger partial charge on any atom is -0.392 e. The first-order valence-electron chi connectivity index (χ1n) is 5.95. The molecule has 0 heterocycles. The average molecular weight is 258 g/mol. The molecule has 1 aromatic carbocycles. The highest BCUT2D eigenvalue weighted by Gasteiger charge is 2.08. The van der Waals surface area contributed by atoms with Crippen LogP contribution in [0.1, 0.15) is 31.4 Å². The Morgan fingerprint density at radius 2 is 1.82 bits per heavy atom. The van der Waals surface area contributed by atoms with Crippen molar-refractivity contribution < 1.29 is 10.2 Å². The summed E-state index contributed by atoms with van der Waals surface area (Å²) in [6.07, 6.45) is 0.839. The molecule has 3 N–H and O–H groups in total. The van der Waals surface area contributed by atoms with Crippen LogP contribution in [0.2, 0.25) is 5.02 Å². The van der Waals surface area contributed by atoms with Gasteiger partial charge in [-0.1, -0.05) is 37.1 Å². The van der Waals surface area contributed by atoms with E-state index >= 15 is 0 Å². The number of benzene rings is 1. The highest BCUT2D eigenvalue weighted by Crippen LogP contribution is 2.15. The van der Waals surface area contributed by atoms with E-state index in [1.807, 2.05) is 6.92 Å². The van der Waals surface area contributed by atoms with Crippen LogP contribution in [0.4, 0.5) is 0 Å². The minimum absolute atomic E-state index is 0.336. The van der Waals surface area contributed by atoms with E-state index in [9.17, 15) is 10.2 Å². The Morgan fingerprint density at radius 1 is 1.18 bits per heavy atom. The van der Waals surface area contributed by atoms with Crippen molar-refractivity contribution in [3.8, 4) is 0 Å². The highest BCUT2D eigenvalue weighted by molar-refractivity contribution is 6.30. The fraction of sp³-hybridized carbons (Fsp3) is 0.538. The maximum atomic E-state index is 9.87. The molecule has 1 aromatic rings. The van der Waals surface area contributed by atoms with Gasteiger partial charge in [0.2, 0.25) is 0 Å². The number of rotatable bonds is 7. The van der Waals surface area contributed by atoms with Gasteiger partial charge >= 0.3 is 0 Å². The summed E-state index contributed by atoms with van der Waals surface area (Å²) < 4.78 is 0. The largest absolute Gasteiger partial charge is 0.392 e. The molecule has 0 aliphatic rings. The second-order valence-electron chi connectivity index (χ2n) is 4.17. The lowest BCUT2D eigenvalue weighted by atomic mass is 10.1. The fourth-order valence-corrected chi connectivity index (χ4v) is 1.75. The molecule has 17 heavy (non-hydrogen) atoms. The third kappa shape index (κ3) is 5.50. The van der Waals surface area contributed by atoms with Crippen LogP contribution in [0.15, 0.2) is 24.3 Å². The van der Waals surface area contributed by atoms with Crippen LogP contribution in [0, 0.1) is 0 Å². The fourth-order valence-electron chi connectivity index (χ4n) is 1.62. The molecule has 4 heteroatoms. The zero-order chi connectivity index (χ0) is 12.7. The Labute approximate surface area is 107 Å². The van der Waals surface area contributed by atoms with Crippen molar-refractivity contribution in [2.45, 2.75) is 32.0 Å². The zero-order valence-electron chi connectivity index (χ0n) is 10.1. The van der Waals surface area contributed by atoms with Crippen LogP contribution in [-0.4, -0.2) is 29.4 Å². The Hall–Kier alpha value is -0.610. The van der Waals surface area contributed by atoms with Crippen molar-refractivity contribution in [2.24, 2.45) is 0 Å². The topological polar surface area (TPSA) is 52.5 Å². The van der Waals surface area contributed by atoms with Crippen LogP contribution < -0.4 is 5.32 Å². The highest BCUT2D eigenvalue weighted by atomic mass is 35.5. The summed E-state index contributed by atoms with van der Waals surface area (Å²) in [5, 5.41) is 23.1. The summed E-state index contributed by atoms with van der Waals surface area (Å²) in [6.45, 7) is 2.98. The molecule has 0 saturated heterocycles. The molecule has 0 saturated carbocycles. The van der Waals surface area contributed by atoms with Crippen molar-refractivity contribution >= 4 is 11.6 Å². The van der Waals surface area contributed by atoms with E-state index in [1.165, 1.54) is 0 Å². The molecule has 0 amide bonds. The van der Waals surface area contributed by atoms with Crippen molar-refractivity contribution in [1.82, 2.24) is 5.32 Å². The van der Waals surface area contributed by atoms with Gasteiger partial charge in [0.25, 0.3) is 0 Å². The summed E-state index contributed by atoms with van der Waals surface area (Å²) in [4.78, 5) is 0. The molecule has 0 aromatic heterocycles. The summed E-state index contributed by atoms with van der Waals surface area (Å²) in [7, 11) is 0. The van der Waals surface area contributed by atoms with Crippen molar-refractivity contribution in [2.75, 3.05) is 13.1 Å². The molecule has 2 unspecified atom stereocenters. The van der Waals surface area contributed by atoms with E-state index < -0.39 is 6.10 Å². The van der Waals surface area contributed by atoms with E-state index in [-0.39, 0.29) is 6.10 Å². The number of hydrogen-bond donors (Lipinski definition) is 3. The third-order valence-electron chi connectivity index (χ3n) is 2.59. The Kier molecular flexibility index (Phi) is 6.52. The first-order chi connectivity index (χ1) is 8.13. The van der Waals surface area contributed by atoms with Gasteiger partial charge in [-0.15, -0.1) is 0 Å². The normalized spacial score (nSPS) is 14.6. The quantitative estimate of drug-likeness (QED) is 0.701. The maximum Gasteiger partial charge on any atom is 0.0914 e. The van der Waals surface area contributed by atoms with E-state index in [0.29, 0.717) is 18.1 Å². The Bertz CT molecular complexity index is 316. The van der Waals surface area contributed by atoms with E-state index in [2.05, 4.69) is 5.32 Å². The van der Waals surface area contributed by atoms with E-state index in [0.717, 1.165) is 18.4 Å². The molecule has 0 spiro atoms. The van der Waals surface area contributed by atoms with Crippen molar-refractivity contribution in [3.05, 3.63) is 34.9 Å². The van der Waals surface area contributed by atoms with Crippen molar-refractivity contribution in [1.29, 1.82) is 0 Å². The van der Waals surface area contributed by atoms with Gasteiger partial charge in [0.05, 0.1) is 12.2 Å². The molecule has 3 nitrogen and oxygen atoms in total. The summed E-state index contributed by atoms with van der Waals surface area (Å²) in [5.74, 6) is 0. The molecule has 0 aliphatic carbocycles. The van der Waals surface area contributed by atoms with Crippen LogP contribution in [0.3, 0.4) is 0 Å². The zero-order valence-corrected chi connectivity index (χ0v) is 10.8. The van der Waals surface area contributed by atoms with Gasteiger partial charge < -0.3 is 15.5 Å². The van der Waals surface area contributed by atoms with Gasteiger partial charge in [-0.25, -0.2) is 0 Å². The monoisotopic (exact) mass is 257 g/mol. The maximum absolute atomic E-state index is 9.87. The summed E-state index contributed by atoms with van der Waals surface area (Å²) >= 11 is 5.77. The van der Waals surface area contributed by atoms with Gasteiger partial charge in [-0.05, 0) is 24.1 Å². The number of hydrogen-bond acceptors (Lipinski definition) is 3. The first-order valence-corrected chi connectivity index (χ1v) is 6.33. The van der Waals surface area contributed by atoms with Gasteiger partial charge in [-0.3, -0.25) is 0 Å². The molecule has 96 valence electrons. The summed E-state index contributed by atoms with van der Waals surface area (Å²) in [6, 6.07) is 7.12. The number of aliphatic hydroxyl groups is 2. The molecule has 0 fully saturated rings. The van der Waals surface area contributed by atoms with E-state index in [1.54, 1.807) is 24.3 Å². The van der Waals surface area contributed by atoms with Crippen LogP contribution in [-0.2, 0) is 0 Å². The molecule has 0 aliphatic heterocycles. The Morgan fingerprint density at radius 3 is 2.41 bits per heavy atom. The smallest absolute Gasteiger partial charge is 0.0914 e. The second kappa shape index (κ2) is 7.67. The molecule has 1 rings (SSSR count). The lowest BCUT2D eigenvalue weighted by molar-refractivity contribution is 0.140. The van der Waals surface area contributed by atoms with Gasteiger partial charge in [0.1, 0.15) is 0 Å². The van der Waals surface area contributed by atoms with Crippen LogP contribution in [0.5, 0.6) is 0 Å². The predicted octanol–water partition coefficient (Wildman–Crippen LogP) is 2.12. The van der Waals surface area contributed by atoms with Crippen molar-refractivity contribution in [3.63, 3.8) is 0 Å². The van der Waals surface area contributed by atoms with Gasteiger partial charge in [0, 0.05) is 18.1 Å². The number of aliphatic hydroxyl groups excluding tert-OH is 2. The minimum atomic E-state index is -0.568. The molecule has 0 bridgehead atoms. The van der Waals surface area contributed by atoms with E-state index in [4.69, 9.17) is 11.6 Å². The van der Waals surface area contributed by atoms with Gasteiger partial charge in [0.15, 0.2) is 0 Å². The molecule has 2 atom stereocenters. The number of halogens is 1. The molecular weight excluding hydrogens is 238 g/mol. The summed E-state index contributed by atoms with van der Waals surface area (Å²) in [5.41, 5.74) is 0.826. The Balaban J connectivity index is 2.29. The first kappa shape index (κ1) is 14.5. The second-order valence-corrected chi connectivity index (χ2v) is 4.60. The number of nitrogens with one attached hydrogen (secondary N) is 1. The predicted molar refractivity (Wildman–Crippen MR) is 70.2 cm³/mol. The standard InChI is InChI=1S/C13H20ClNO2/c1-2-3-12(16)8-15-9-13(17)10-4-6-11(14)7-5-10/h4-7,12-13,15-17H,2-3,8-9H2,1H3. The lowest BCUT2D eigenvalue weighted by Gasteiger charge is -2.14. The average Bonchev–Trinajstić information content (AvgIpc) is 2.30. The third-order valence-corrected chi connectivity index (χ3v) is 2.85. The lowest BCUT2D eigenvalue weighted by Crippen LogP contribution is -2.30. The molecular formula is C13H20ClNO2.